The molecule has 0 aliphatic heterocycles. The second kappa shape index (κ2) is 5.50. The average molecular weight is 314 g/mol. The number of carbonyl (C=O) groups is 1. The van der Waals surface area contributed by atoms with Crippen LogP contribution in [0, 0.1) is 20.8 Å². The Kier molecular flexibility index (Phi) is 3.67. The smallest absolute Gasteiger partial charge is 0.291 e. The maximum Gasteiger partial charge on any atom is 0.291 e. The molecule has 1 amide bonds. The van der Waals surface area contributed by atoms with E-state index in [9.17, 15) is 4.79 Å². The van der Waals surface area contributed by atoms with Gasteiger partial charge in [0, 0.05) is 21.7 Å². The van der Waals surface area contributed by atoms with Crippen LogP contribution in [0.25, 0.3) is 11.0 Å². The Morgan fingerprint density at radius 3 is 2.64 bits per heavy atom. The van der Waals surface area contributed by atoms with Gasteiger partial charge >= 0.3 is 0 Å². The van der Waals surface area contributed by atoms with Crippen LogP contribution in [0.4, 0.5) is 5.69 Å². The van der Waals surface area contributed by atoms with Crippen LogP contribution in [0.1, 0.15) is 27.2 Å². The number of aryl methyl sites for hydroxylation is 2. The van der Waals surface area contributed by atoms with Crippen LogP contribution in [0.2, 0.25) is 5.02 Å². The van der Waals surface area contributed by atoms with Crippen LogP contribution in [-0.4, -0.2) is 5.91 Å². The highest BCUT2D eigenvalue weighted by molar-refractivity contribution is 6.31. The Hall–Kier alpha value is -2.26. The summed E-state index contributed by atoms with van der Waals surface area (Å²) in [6, 6.07) is 11.3. The summed E-state index contributed by atoms with van der Waals surface area (Å²) in [5, 5.41) is 4.45. The molecule has 1 aromatic heterocycles. The molecule has 0 aliphatic rings. The van der Waals surface area contributed by atoms with Gasteiger partial charge in [-0.2, -0.15) is 0 Å². The molecule has 2 aromatic carbocycles. The molecule has 0 saturated heterocycles. The monoisotopic (exact) mass is 313 g/mol. The lowest BCUT2D eigenvalue weighted by Crippen LogP contribution is -2.13. The topological polar surface area (TPSA) is 42.2 Å². The van der Waals surface area contributed by atoms with Crippen molar-refractivity contribution in [3.8, 4) is 0 Å². The highest BCUT2D eigenvalue weighted by Crippen LogP contribution is 2.28. The zero-order valence-corrected chi connectivity index (χ0v) is 13.4. The molecule has 4 heteroatoms. The van der Waals surface area contributed by atoms with Crippen LogP contribution in [0.5, 0.6) is 0 Å². The molecule has 0 radical (unpaired) electrons. The zero-order chi connectivity index (χ0) is 15.9. The van der Waals surface area contributed by atoms with Crippen molar-refractivity contribution in [1.82, 2.24) is 0 Å². The van der Waals surface area contributed by atoms with Crippen LogP contribution in [0.3, 0.4) is 0 Å². The fourth-order valence-corrected chi connectivity index (χ4v) is 2.65. The molecular weight excluding hydrogens is 298 g/mol. The average Bonchev–Trinajstić information content (AvgIpc) is 2.81. The highest BCUT2D eigenvalue weighted by Gasteiger charge is 2.18. The van der Waals surface area contributed by atoms with Crippen molar-refractivity contribution in [3.05, 3.63) is 63.9 Å². The Morgan fingerprint density at radius 2 is 1.86 bits per heavy atom. The predicted molar refractivity (Wildman–Crippen MR) is 89.8 cm³/mol. The summed E-state index contributed by atoms with van der Waals surface area (Å²) in [5.41, 5.74) is 4.22. The first-order valence-corrected chi connectivity index (χ1v) is 7.41. The van der Waals surface area contributed by atoms with Crippen molar-refractivity contribution < 1.29 is 9.21 Å². The number of carbonyl (C=O) groups excluding carboxylic acids is 1. The SMILES string of the molecule is Cc1ccc2oc(C(=O)Nc3cccc(Cl)c3C)c(C)c2c1. The summed E-state index contributed by atoms with van der Waals surface area (Å²) in [7, 11) is 0. The van der Waals surface area contributed by atoms with E-state index >= 15 is 0 Å². The van der Waals surface area contributed by atoms with Crippen LogP contribution >= 0.6 is 11.6 Å². The molecule has 3 rings (SSSR count). The number of hydrogen-bond donors (Lipinski definition) is 1. The number of furan rings is 1. The van der Waals surface area contributed by atoms with Gasteiger partial charge in [-0.3, -0.25) is 4.79 Å². The zero-order valence-electron chi connectivity index (χ0n) is 12.7. The number of hydrogen-bond acceptors (Lipinski definition) is 2. The molecule has 3 aromatic rings. The fourth-order valence-electron chi connectivity index (χ4n) is 2.47. The molecule has 0 saturated carbocycles. The van der Waals surface area contributed by atoms with Gasteiger partial charge in [0.2, 0.25) is 0 Å². The van der Waals surface area contributed by atoms with Crippen LogP contribution < -0.4 is 5.32 Å². The maximum absolute atomic E-state index is 12.5. The lowest BCUT2D eigenvalue weighted by Gasteiger charge is -2.08. The molecule has 0 unspecified atom stereocenters. The summed E-state index contributed by atoms with van der Waals surface area (Å²) < 4.78 is 5.71. The maximum atomic E-state index is 12.5. The van der Waals surface area contributed by atoms with E-state index in [1.807, 2.05) is 45.0 Å². The molecule has 0 fully saturated rings. The van der Waals surface area contributed by atoms with Crippen molar-refractivity contribution in [2.24, 2.45) is 0 Å². The van der Waals surface area contributed by atoms with Gasteiger partial charge in [0.15, 0.2) is 5.76 Å². The summed E-state index contributed by atoms with van der Waals surface area (Å²) in [6.07, 6.45) is 0. The minimum atomic E-state index is -0.267. The number of fused-ring (bicyclic) bond motifs is 1. The number of amides is 1. The minimum absolute atomic E-state index is 0.267. The van der Waals surface area contributed by atoms with Crippen molar-refractivity contribution >= 4 is 34.2 Å². The first-order valence-electron chi connectivity index (χ1n) is 7.03. The summed E-state index contributed by atoms with van der Waals surface area (Å²) >= 11 is 6.08. The van der Waals surface area contributed by atoms with E-state index in [0.717, 1.165) is 27.7 Å². The number of anilines is 1. The van der Waals surface area contributed by atoms with Crippen molar-refractivity contribution in [3.63, 3.8) is 0 Å². The van der Waals surface area contributed by atoms with E-state index in [-0.39, 0.29) is 5.91 Å². The quantitative estimate of drug-likeness (QED) is 0.701. The minimum Gasteiger partial charge on any atom is -0.451 e. The second-order valence-electron chi connectivity index (χ2n) is 5.42. The van der Waals surface area contributed by atoms with Gasteiger partial charge < -0.3 is 9.73 Å². The summed E-state index contributed by atoms with van der Waals surface area (Å²) in [6.45, 7) is 5.78. The van der Waals surface area contributed by atoms with E-state index in [4.69, 9.17) is 16.0 Å². The highest BCUT2D eigenvalue weighted by atomic mass is 35.5. The lowest BCUT2D eigenvalue weighted by molar-refractivity contribution is 0.0998. The first-order chi connectivity index (χ1) is 10.5. The molecular formula is C18H16ClNO2. The van der Waals surface area contributed by atoms with E-state index in [1.165, 1.54) is 0 Å². The van der Waals surface area contributed by atoms with Gasteiger partial charge in [-0.05, 0) is 50.6 Å². The molecule has 22 heavy (non-hydrogen) atoms. The van der Waals surface area contributed by atoms with Crippen molar-refractivity contribution in [2.75, 3.05) is 5.32 Å². The molecule has 0 aliphatic carbocycles. The van der Waals surface area contributed by atoms with E-state index in [2.05, 4.69) is 5.32 Å². The van der Waals surface area contributed by atoms with Gasteiger partial charge in [-0.25, -0.2) is 0 Å². The van der Waals surface area contributed by atoms with Gasteiger partial charge in [0.1, 0.15) is 5.58 Å². The van der Waals surface area contributed by atoms with Gasteiger partial charge in [-0.1, -0.05) is 29.3 Å². The Balaban J connectivity index is 1.99. The normalized spacial score (nSPS) is 10.9. The summed E-state index contributed by atoms with van der Waals surface area (Å²) in [5.74, 6) is 0.0664. The van der Waals surface area contributed by atoms with E-state index < -0.39 is 0 Å². The molecule has 0 spiro atoms. The molecule has 0 atom stereocenters. The van der Waals surface area contributed by atoms with Crippen LogP contribution in [-0.2, 0) is 0 Å². The van der Waals surface area contributed by atoms with Crippen LogP contribution in [0.15, 0.2) is 40.8 Å². The van der Waals surface area contributed by atoms with Gasteiger partial charge in [0.05, 0.1) is 0 Å². The molecule has 1 N–H and O–H groups in total. The number of benzene rings is 2. The number of halogens is 1. The predicted octanol–water partition coefficient (Wildman–Crippen LogP) is 5.26. The lowest BCUT2D eigenvalue weighted by atomic mass is 10.1. The standard InChI is InChI=1S/C18H16ClNO2/c1-10-7-8-16-13(9-10)11(2)17(22-16)18(21)20-15-6-4-5-14(19)12(15)3/h4-9H,1-3H3,(H,20,21). The first kappa shape index (κ1) is 14.7. The fraction of sp³-hybridized carbons (Fsp3) is 0.167. The second-order valence-corrected chi connectivity index (χ2v) is 5.83. The van der Waals surface area contributed by atoms with Gasteiger partial charge in [0.25, 0.3) is 5.91 Å². The van der Waals surface area contributed by atoms with Gasteiger partial charge in [-0.15, -0.1) is 0 Å². The molecule has 112 valence electrons. The number of rotatable bonds is 2. The van der Waals surface area contributed by atoms with E-state index in [0.29, 0.717) is 16.5 Å². The largest absolute Gasteiger partial charge is 0.451 e. The van der Waals surface area contributed by atoms with Crippen molar-refractivity contribution in [2.45, 2.75) is 20.8 Å². The Bertz CT molecular complexity index is 880. The third-order valence-electron chi connectivity index (χ3n) is 3.81. The Labute approximate surface area is 133 Å². The van der Waals surface area contributed by atoms with Crippen molar-refractivity contribution in [1.29, 1.82) is 0 Å². The third kappa shape index (κ3) is 2.48. The molecule has 0 bridgehead atoms. The molecule has 3 nitrogen and oxygen atoms in total. The Morgan fingerprint density at radius 1 is 1.09 bits per heavy atom. The summed E-state index contributed by atoms with van der Waals surface area (Å²) in [4.78, 5) is 12.5. The number of nitrogens with one attached hydrogen (secondary N) is 1. The molecule has 1 heterocycles. The van der Waals surface area contributed by atoms with E-state index in [1.54, 1.807) is 12.1 Å². The third-order valence-corrected chi connectivity index (χ3v) is 4.22.